The minimum Gasteiger partial charge on any atom is -0.481 e. The predicted octanol–water partition coefficient (Wildman–Crippen LogP) is 8.12. The van der Waals surface area contributed by atoms with E-state index in [1.165, 1.54) is 18.3 Å². The third kappa shape index (κ3) is 14.7. The van der Waals surface area contributed by atoms with Gasteiger partial charge in [-0.2, -0.15) is 0 Å². The molecule has 1 aromatic carbocycles. The number of nitrogens with zero attached hydrogens (tertiary/aromatic N) is 3. The molecular weight excluding hydrogens is 804 g/mol. The average Bonchev–Trinajstić information content (AvgIpc) is 3.69. The van der Waals surface area contributed by atoms with Gasteiger partial charge in [-0.25, -0.2) is 4.98 Å². The first-order chi connectivity index (χ1) is 28.3. The highest BCUT2D eigenvalue weighted by Gasteiger charge is 2.39. The molecule has 2 aromatic rings. The van der Waals surface area contributed by atoms with E-state index in [9.17, 15) is 29.1 Å². The number of thiazole rings is 1. The third-order valence-electron chi connectivity index (χ3n) is 11.8. The van der Waals surface area contributed by atoms with Gasteiger partial charge in [0, 0.05) is 44.4 Å². The molecule has 1 saturated heterocycles. The van der Waals surface area contributed by atoms with Crippen molar-refractivity contribution in [1.29, 1.82) is 0 Å². The topological polar surface area (TPSA) is 170 Å². The highest BCUT2D eigenvalue weighted by molar-refractivity contribution is 7.09. The number of carboxylic acids is 1. The molecule has 3 amide bonds. The second kappa shape index (κ2) is 24.0. The largest absolute Gasteiger partial charge is 0.481 e. The Kier molecular flexibility index (Phi) is 20.3. The summed E-state index contributed by atoms with van der Waals surface area (Å²) in [5.74, 6) is -2.47. The van der Waals surface area contributed by atoms with Gasteiger partial charge in [0.05, 0.1) is 22.2 Å². The Morgan fingerprint density at radius 1 is 1.08 bits per heavy atom. The molecule has 60 heavy (non-hydrogen) atoms. The van der Waals surface area contributed by atoms with Crippen LogP contribution in [-0.2, 0) is 30.3 Å². The van der Waals surface area contributed by atoms with Crippen LogP contribution < -0.4 is 16.0 Å². The van der Waals surface area contributed by atoms with Crippen LogP contribution in [0.15, 0.2) is 23.6 Å². The Labute approximate surface area is 367 Å². The lowest BCUT2D eigenvalue weighted by molar-refractivity contribution is -0.150. The van der Waals surface area contributed by atoms with Crippen molar-refractivity contribution in [1.82, 2.24) is 25.4 Å². The first kappa shape index (κ1) is 50.6. The molecule has 0 unspecified atom stereocenters. The fourth-order valence-electron chi connectivity index (χ4n) is 7.89. The SMILES string of the molecule is CCCCCCN(C(=O)[C@@H](NC(=O)[C@H]1CCCCN1C)[C@@H](C)CC)[C@H](C[C@@H](OC(C)=O)c1nc(C(=O)N[C@@H](Cc2ccc(NC)c(Cl)c2)CC(C)(C)C(=O)O)cs1)C(C)C. The number of esters is 1. The van der Waals surface area contributed by atoms with Crippen LogP contribution in [0, 0.1) is 17.3 Å². The van der Waals surface area contributed by atoms with Crippen molar-refractivity contribution in [3.05, 3.63) is 44.9 Å². The molecule has 13 nitrogen and oxygen atoms in total. The molecular formula is C45H71ClN6O7S. The molecule has 1 aliphatic heterocycles. The van der Waals surface area contributed by atoms with Crippen molar-refractivity contribution in [2.75, 3.05) is 32.5 Å². The zero-order valence-electron chi connectivity index (χ0n) is 37.6. The molecule has 0 bridgehead atoms. The van der Waals surface area contributed by atoms with E-state index in [1.807, 2.05) is 51.8 Å². The summed E-state index contributed by atoms with van der Waals surface area (Å²) in [6.45, 7) is 16.1. The molecule has 1 aliphatic rings. The Bertz CT molecular complexity index is 1740. The van der Waals surface area contributed by atoms with Crippen LogP contribution in [0.4, 0.5) is 5.69 Å². The third-order valence-corrected chi connectivity index (χ3v) is 13.1. The van der Waals surface area contributed by atoms with Crippen molar-refractivity contribution in [2.24, 2.45) is 17.3 Å². The summed E-state index contributed by atoms with van der Waals surface area (Å²) in [4.78, 5) is 76.0. The Morgan fingerprint density at radius 3 is 2.38 bits per heavy atom. The first-order valence-corrected chi connectivity index (χ1v) is 23.0. The van der Waals surface area contributed by atoms with Gasteiger partial charge in [0.1, 0.15) is 16.7 Å². The molecule has 2 heterocycles. The highest BCUT2D eigenvalue weighted by atomic mass is 35.5. The number of likely N-dealkylation sites (N-methyl/N-ethyl adjacent to an activating group) is 1. The molecule has 336 valence electrons. The number of benzene rings is 1. The molecule has 1 aromatic heterocycles. The molecule has 15 heteroatoms. The van der Waals surface area contributed by atoms with Crippen LogP contribution in [0.5, 0.6) is 0 Å². The maximum Gasteiger partial charge on any atom is 0.309 e. The Hall–Kier alpha value is -3.75. The number of carbonyl (C=O) groups is 5. The number of nitrogens with one attached hydrogen (secondary N) is 3. The van der Waals surface area contributed by atoms with E-state index < -0.39 is 47.5 Å². The number of hydrogen-bond acceptors (Lipinski definition) is 10. The number of likely N-dealkylation sites (tertiary alicyclic amines) is 1. The number of amides is 3. The minimum absolute atomic E-state index is 0.0623. The summed E-state index contributed by atoms with van der Waals surface area (Å²) < 4.78 is 5.93. The van der Waals surface area contributed by atoms with Gasteiger partial charge in [0.25, 0.3) is 5.91 Å². The number of carbonyl (C=O) groups excluding carboxylic acids is 4. The standard InChI is InChI=1S/C45H71ClN6O7S/c1-11-13-14-16-22-52(43(56)39(29(5)12-2)50-41(55)36-18-15-17-21-51(36)10)37(28(3)4)25-38(59-30(6)53)42-49-35(27-60-42)40(54)48-32(26-45(7,8)44(57)58)23-31-19-20-34(47-9)33(46)24-31/h19-20,24,27-29,32,36-39,47H,11-18,21-23,25-26H2,1-10H3,(H,48,54)(H,50,55)(H,57,58)/t29-,32-,36+,37+,38+,39-/m0/s1. The fourth-order valence-corrected chi connectivity index (χ4v) is 9.03. The summed E-state index contributed by atoms with van der Waals surface area (Å²) in [7, 11) is 3.73. The second-order valence-corrected chi connectivity index (χ2v) is 18.8. The smallest absolute Gasteiger partial charge is 0.309 e. The maximum atomic E-state index is 14.9. The lowest BCUT2D eigenvalue weighted by atomic mass is 9.84. The van der Waals surface area contributed by atoms with E-state index in [-0.39, 0.29) is 48.2 Å². The van der Waals surface area contributed by atoms with Gasteiger partial charge in [-0.15, -0.1) is 11.3 Å². The fraction of sp³-hybridized carbons (Fsp3) is 0.689. The lowest BCUT2D eigenvalue weighted by Gasteiger charge is -2.40. The zero-order chi connectivity index (χ0) is 44.7. The van der Waals surface area contributed by atoms with Crippen LogP contribution in [0.3, 0.4) is 0 Å². The van der Waals surface area contributed by atoms with Crippen molar-refractivity contribution < 1.29 is 33.8 Å². The summed E-state index contributed by atoms with van der Waals surface area (Å²) in [6.07, 6.45) is 7.06. The molecule has 0 aliphatic carbocycles. The Balaban J connectivity index is 1.95. The minimum atomic E-state index is -1.14. The molecule has 1 fully saturated rings. The summed E-state index contributed by atoms with van der Waals surface area (Å²) >= 11 is 7.65. The van der Waals surface area contributed by atoms with Gasteiger partial charge in [0.2, 0.25) is 11.8 Å². The molecule has 4 N–H and O–H groups in total. The van der Waals surface area contributed by atoms with Crippen molar-refractivity contribution in [3.63, 3.8) is 0 Å². The van der Waals surface area contributed by atoms with Gasteiger partial charge in [-0.3, -0.25) is 28.9 Å². The number of anilines is 1. The van der Waals surface area contributed by atoms with Gasteiger partial charge in [-0.1, -0.05) is 84.4 Å². The van der Waals surface area contributed by atoms with E-state index >= 15 is 0 Å². The van der Waals surface area contributed by atoms with Gasteiger partial charge < -0.3 is 30.7 Å². The van der Waals surface area contributed by atoms with E-state index in [0.29, 0.717) is 29.4 Å². The maximum absolute atomic E-state index is 14.9. The van der Waals surface area contributed by atoms with Gasteiger partial charge in [-0.05, 0) is 89.1 Å². The van der Waals surface area contributed by atoms with Crippen molar-refractivity contribution >= 4 is 58.3 Å². The van der Waals surface area contributed by atoms with E-state index in [0.717, 1.165) is 62.7 Å². The number of carboxylic acid groups (broad SMARTS) is 1. The first-order valence-electron chi connectivity index (χ1n) is 21.8. The molecule has 0 spiro atoms. The molecule has 3 rings (SSSR count). The monoisotopic (exact) mass is 874 g/mol. The zero-order valence-corrected chi connectivity index (χ0v) is 39.1. The van der Waals surface area contributed by atoms with Crippen LogP contribution in [0.2, 0.25) is 5.02 Å². The number of halogens is 1. The summed E-state index contributed by atoms with van der Waals surface area (Å²) in [5, 5.41) is 21.7. The van der Waals surface area contributed by atoms with Gasteiger partial charge >= 0.3 is 11.9 Å². The van der Waals surface area contributed by atoms with E-state index in [2.05, 4.69) is 32.8 Å². The van der Waals surface area contributed by atoms with Crippen LogP contribution in [0.1, 0.15) is 147 Å². The number of aliphatic carboxylic acids is 1. The predicted molar refractivity (Wildman–Crippen MR) is 239 cm³/mol. The molecule has 0 radical (unpaired) electrons. The molecule has 6 atom stereocenters. The van der Waals surface area contributed by atoms with Crippen molar-refractivity contribution in [2.45, 2.75) is 156 Å². The molecule has 0 saturated carbocycles. The number of hydrogen-bond donors (Lipinski definition) is 4. The Morgan fingerprint density at radius 2 is 1.80 bits per heavy atom. The second-order valence-electron chi connectivity index (χ2n) is 17.5. The van der Waals surface area contributed by atoms with Crippen molar-refractivity contribution in [3.8, 4) is 0 Å². The van der Waals surface area contributed by atoms with E-state index in [1.54, 1.807) is 32.3 Å². The average molecular weight is 876 g/mol. The number of piperidine rings is 1. The summed E-state index contributed by atoms with van der Waals surface area (Å²) in [5.41, 5.74) is 0.534. The van der Waals surface area contributed by atoms with Crippen LogP contribution in [-0.4, -0.2) is 101 Å². The normalized spacial score (nSPS) is 17.2. The number of ether oxygens (including phenoxy) is 1. The van der Waals surface area contributed by atoms with Crippen LogP contribution >= 0.6 is 22.9 Å². The van der Waals surface area contributed by atoms with Crippen LogP contribution in [0.25, 0.3) is 0 Å². The number of unbranched alkanes of at least 4 members (excludes halogenated alkanes) is 3. The number of rotatable bonds is 24. The lowest BCUT2D eigenvalue weighted by Crippen LogP contribution is -2.59. The van der Waals surface area contributed by atoms with E-state index in [4.69, 9.17) is 16.3 Å². The summed E-state index contributed by atoms with van der Waals surface area (Å²) in [6, 6.07) is 3.52. The number of aromatic nitrogens is 1. The highest BCUT2D eigenvalue weighted by Crippen LogP contribution is 2.33. The van der Waals surface area contributed by atoms with Gasteiger partial charge in [0.15, 0.2) is 6.10 Å². The quantitative estimate of drug-likeness (QED) is 0.0597.